The predicted octanol–water partition coefficient (Wildman–Crippen LogP) is 3.16. The molecule has 3 heterocycles. The van der Waals surface area contributed by atoms with Gasteiger partial charge in [-0.05, 0) is 59.0 Å². The predicted molar refractivity (Wildman–Crippen MR) is 201 cm³/mol. The van der Waals surface area contributed by atoms with Crippen LogP contribution in [0.4, 0.5) is 0 Å². The number of ether oxygens (including phenoxy) is 7. The Labute approximate surface area is 336 Å². The van der Waals surface area contributed by atoms with Crippen molar-refractivity contribution in [2.24, 2.45) is 0 Å². The van der Waals surface area contributed by atoms with Crippen LogP contribution in [0, 0.1) is 0 Å². The zero-order chi connectivity index (χ0) is 42.0. The molecule has 0 saturated carbocycles. The van der Waals surface area contributed by atoms with Crippen molar-refractivity contribution in [1.29, 1.82) is 0 Å². The molecule has 7 rings (SSSR count). The standard InChI is InChI=1S/C42H53NO15/c1-8-42(51)17-28(33-22(35(42)41(50)52-7)14-23-34(38(33)49)37(48)32-21(36(23)47)10-9-11-26(32)45)56-30-15-24(43(5)6)39(19(3)54-30)58-31-16-27(46)40(20(4)55-31)57-29-13-12-25(44)18(2)53-29/h9-11,14,18-20,24,27-31,35,39-40,45-46,49,51H,8,12-13,15-17H2,1-7H3/t18?,19?,20?,24?,27?,28?,29?,30?,31?,35?,39?,40?,42-/m1/s1. The maximum Gasteiger partial charge on any atom is 0.316 e. The van der Waals surface area contributed by atoms with E-state index in [1.54, 1.807) is 27.7 Å². The van der Waals surface area contributed by atoms with Gasteiger partial charge >= 0.3 is 5.97 Å². The van der Waals surface area contributed by atoms with E-state index in [9.17, 15) is 39.6 Å². The minimum Gasteiger partial charge on any atom is -0.507 e. The Bertz CT molecular complexity index is 1940. The van der Waals surface area contributed by atoms with Crippen LogP contribution in [0.25, 0.3) is 0 Å². The number of phenolic OH excluding ortho intramolecular Hbond substituents is 2. The molecule has 2 aromatic carbocycles. The third-order valence-corrected chi connectivity index (χ3v) is 12.4. The summed E-state index contributed by atoms with van der Waals surface area (Å²) < 4.78 is 42.6. The van der Waals surface area contributed by atoms with Crippen molar-refractivity contribution in [2.45, 2.75) is 145 Å². The van der Waals surface area contributed by atoms with Crippen LogP contribution in [-0.4, -0.2) is 137 Å². The fourth-order valence-corrected chi connectivity index (χ4v) is 9.27. The smallest absolute Gasteiger partial charge is 0.316 e. The van der Waals surface area contributed by atoms with Crippen LogP contribution in [0.1, 0.15) is 121 Å². The Hall–Kier alpha value is -3.84. The Morgan fingerprint density at radius 3 is 2.21 bits per heavy atom. The van der Waals surface area contributed by atoms with E-state index < -0.39 is 102 Å². The first-order chi connectivity index (χ1) is 27.5. The molecule has 58 heavy (non-hydrogen) atoms. The number of fused-ring (bicyclic) bond motifs is 3. The fourth-order valence-electron chi connectivity index (χ4n) is 9.27. The van der Waals surface area contributed by atoms with E-state index in [2.05, 4.69) is 0 Å². The molecule has 13 atom stereocenters. The van der Waals surface area contributed by atoms with Gasteiger partial charge in [-0.1, -0.05) is 19.1 Å². The summed E-state index contributed by atoms with van der Waals surface area (Å²) in [6, 6.07) is 5.11. The number of likely N-dealkylation sites (N-methyl/N-ethyl adjacent to an activating group) is 1. The van der Waals surface area contributed by atoms with Crippen molar-refractivity contribution in [3.8, 4) is 11.5 Å². The summed E-state index contributed by atoms with van der Waals surface area (Å²) in [5.41, 5.74) is -2.49. The van der Waals surface area contributed by atoms with E-state index >= 15 is 0 Å². The number of hydrogen-bond donors (Lipinski definition) is 4. The average Bonchev–Trinajstić information content (AvgIpc) is 3.17. The summed E-state index contributed by atoms with van der Waals surface area (Å²) in [6.45, 7) is 6.95. The summed E-state index contributed by atoms with van der Waals surface area (Å²) in [5.74, 6) is -4.59. The zero-order valence-electron chi connectivity index (χ0n) is 33.7. The highest BCUT2D eigenvalue weighted by molar-refractivity contribution is 6.30. The van der Waals surface area contributed by atoms with Crippen LogP contribution in [-0.2, 0) is 42.7 Å². The molecule has 16 nitrogen and oxygen atoms in total. The van der Waals surface area contributed by atoms with Crippen LogP contribution < -0.4 is 0 Å². The lowest BCUT2D eigenvalue weighted by Crippen LogP contribution is -2.58. The van der Waals surface area contributed by atoms with Crippen LogP contribution in [0.5, 0.6) is 11.5 Å². The van der Waals surface area contributed by atoms with E-state index in [4.69, 9.17) is 33.2 Å². The van der Waals surface area contributed by atoms with Crippen LogP contribution in [0.15, 0.2) is 24.3 Å². The van der Waals surface area contributed by atoms with Crippen molar-refractivity contribution in [2.75, 3.05) is 21.2 Å². The number of nitrogens with zero attached hydrogens (tertiary/aromatic N) is 1. The lowest BCUT2D eigenvalue weighted by atomic mass is 9.67. The van der Waals surface area contributed by atoms with Gasteiger partial charge in [0.1, 0.15) is 35.7 Å². The molecular formula is C42H53NO15. The fraction of sp³-hybridized carbons (Fsp3) is 0.619. The number of rotatable bonds is 9. The molecule has 16 heteroatoms. The molecule has 0 spiro atoms. The normalized spacial score (nSPS) is 36.3. The SMILES string of the molecule is CC[C@@]1(O)CC(OC2CC(N(C)C)C(OC3CC(O)C(OC4CCC(=O)C(C)O4)C(C)O3)C(C)O2)c2c(cc3c(c2O)C(=O)c2c(O)cccc2C3=O)C1C(=O)OC. The second kappa shape index (κ2) is 16.3. The van der Waals surface area contributed by atoms with Gasteiger partial charge in [0.25, 0.3) is 0 Å². The third kappa shape index (κ3) is 7.47. The molecule has 3 saturated heterocycles. The molecule has 4 N–H and O–H groups in total. The van der Waals surface area contributed by atoms with E-state index in [-0.39, 0.29) is 70.9 Å². The van der Waals surface area contributed by atoms with Gasteiger partial charge in [0, 0.05) is 54.8 Å². The van der Waals surface area contributed by atoms with Gasteiger partial charge in [-0.15, -0.1) is 0 Å². The first kappa shape index (κ1) is 42.3. The van der Waals surface area contributed by atoms with Gasteiger partial charge in [-0.3, -0.25) is 19.2 Å². The van der Waals surface area contributed by atoms with Crippen molar-refractivity contribution in [3.63, 3.8) is 0 Å². The quantitative estimate of drug-likeness (QED) is 0.228. The first-order valence-corrected chi connectivity index (χ1v) is 19.9. The van der Waals surface area contributed by atoms with Gasteiger partial charge in [-0.2, -0.15) is 0 Å². The van der Waals surface area contributed by atoms with Gasteiger partial charge in [-0.25, -0.2) is 0 Å². The van der Waals surface area contributed by atoms with Crippen LogP contribution in [0.2, 0.25) is 0 Å². The monoisotopic (exact) mass is 811 g/mol. The van der Waals surface area contributed by atoms with E-state index in [0.29, 0.717) is 12.8 Å². The second-order valence-electron chi connectivity index (χ2n) is 16.3. The number of aliphatic hydroxyl groups excluding tert-OH is 1. The van der Waals surface area contributed by atoms with Crippen molar-refractivity contribution in [3.05, 3.63) is 57.6 Å². The molecule has 12 unspecified atom stereocenters. The highest BCUT2D eigenvalue weighted by Gasteiger charge is 2.53. The highest BCUT2D eigenvalue weighted by atomic mass is 16.7. The van der Waals surface area contributed by atoms with Crippen molar-refractivity contribution in [1.82, 2.24) is 4.90 Å². The summed E-state index contributed by atoms with van der Waals surface area (Å²) in [6.07, 6.45) is -6.64. The zero-order valence-corrected chi connectivity index (χ0v) is 33.7. The van der Waals surface area contributed by atoms with Crippen molar-refractivity contribution < 1.29 is 72.8 Å². The maximum absolute atomic E-state index is 13.9. The second-order valence-corrected chi connectivity index (χ2v) is 16.3. The number of hydrogen-bond acceptors (Lipinski definition) is 16. The largest absolute Gasteiger partial charge is 0.507 e. The molecule has 316 valence electrons. The number of carbonyl (C=O) groups is 4. The molecule has 2 aromatic rings. The number of ketones is 3. The molecule has 3 fully saturated rings. The van der Waals surface area contributed by atoms with E-state index in [0.717, 1.165) is 0 Å². The Balaban J connectivity index is 1.13. The third-order valence-electron chi connectivity index (χ3n) is 12.4. The van der Waals surface area contributed by atoms with Gasteiger partial charge < -0.3 is 58.5 Å². The number of methoxy groups -OCH3 is 1. The topological polar surface area (TPSA) is 217 Å². The molecule has 2 aliphatic carbocycles. The summed E-state index contributed by atoms with van der Waals surface area (Å²) in [5, 5.41) is 45.9. The number of benzene rings is 2. The highest BCUT2D eigenvalue weighted by Crippen LogP contribution is 2.54. The van der Waals surface area contributed by atoms with Crippen LogP contribution in [0.3, 0.4) is 0 Å². The summed E-state index contributed by atoms with van der Waals surface area (Å²) in [7, 11) is 4.91. The lowest BCUT2D eigenvalue weighted by molar-refractivity contribution is -0.324. The Morgan fingerprint density at radius 1 is 0.897 bits per heavy atom. The van der Waals surface area contributed by atoms with Gasteiger partial charge in [0.05, 0.1) is 48.3 Å². The molecule has 0 aromatic heterocycles. The number of phenols is 2. The Morgan fingerprint density at radius 2 is 1.57 bits per heavy atom. The molecule has 5 aliphatic rings. The van der Waals surface area contributed by atoms with Crippen LogP contribution >= 0.6 is 0 Å². The Kier molecular flexibility index (Phi) is 11.9. The van der Waals surface area contributed by atoms with E-state index in [1.807, 2.05) is 19.0 Å². The minimum absolute atomic E-state index is 0.00573. The van der Waals surface area contributed by atoms with Gasteiger partial charge in [0.15, 0.2) is 30.4 Å². The van der Waals surface area contributed by atoms with E-state index in [1.165, 1.54) is 31.4 Å². The average molecular weight is 812 g/mol. The molecule has 3 aliphatic heterocycles. The first-order valence-electron chi connectivity index (χ1n) is 19.9. The van der Waals surface area contributed by atoms with Gasteiger partial charge in [0.2, 0.25) is 5.78 Å². The number of Topliss-reactive ketones (excluding diaryl/α,β-unsaturated/α-hetero) is 1. The van der Waals surface area contributed by atoms with Crippen molar-refractivity contribution >= 4 is 23.3 Å². The molecular weight excluding hydrogens is 758 g/mol. The number of aromatic hydroxyl groups is 2. The number of aliphatic hydroxyl groups is 2. The molecule has 0 amide bonds. The molecule has 0 radical (unpaired) electrons. The summed E-state index contributed by atoms with van der Waals surface area (Å²) >= 11 is 0. The number of carbonyl (C=O) groups excluding carboxylic acids is 4. The minimum atomic E-state index is -1.76. The lowest BCUT2D eigenvalue weighted by Gasteiger charge is -2.48. The molecule has 0 bridgehead atoms. The number of esters is 1. The summed E-state index contributed by atoms with van der Waals surface area (Å²) in [4.78, 5) is 55.0. The maximum atomic E-state index is 13.9.